The van der Waals surface area contributed by atoms with Gasteiger partial charge in [-0.2, -0.15) is 0 Å². The summed E-state index contributed by atoms with van der Waals surface area (Å²) in [6.45, 7) is 5.33. The van der Waals surface area contributed by atoms with Crippen LogP contribution in [0, 0.1) is 12.8 Å². The van der Waals surface area contributed by atoms with E-state index >= 15 is 0 Å². The highest BCUT2D eigenvalue weighted by atomic mass is 16.2. The number of hydrogen-bond donors (Lipinski definition) is 2. The SMILES string of the molecule is Cc1cccc(NC(=O)[C@H](C)N2CCC[C@H](C(=O)Nc3ccccc3)C2)c1. The monoisotopic (exact) mass is 365 g/mol. The molecule has 27 heavy (non-hydrogen) atoms. The number of para-hydroxylation sites is 1. The van der Waals surface area contributed by atoms with E-state index in [-0.39, 0.29) is 23.8 Å². The van der Waals surface area contributed by atoms with Crippen LogP contribution in [-0.2, 0) is 9.59 Å². The van der Waals surface area contributed by atoms with Gasteiger partial charge in [0.15, 0.2) is 0 Å². The molecule has 1 aliphatic heterocycles. The van der Waals surface area contributed by atoms with Gasteiger partial charge in [-0.15, -0.1) is 0 Å². The van der Waals surface area contributed by atoms with Crippen LogP contribution < -0.4 is 10.6 Å². The zero-order chi connectivity index (χ0) is 19.2. The van der Waals surface area contributed by atoms with Crippen LogP contribution in [0.2, 0.25) is 0 Å². The number of rotatable bonds is 5. The Morgan fingerprint density at radius 2 is 1.78 bits per heavy atom. The van der Waals surface area contributed by atoms with Crippen LogP contribution in [0.25, 0.3) is 0 Å². The summed E-state index contributed by atoms with van der Waals surface area (Å²) in [4.78, 5) is 27.3. The summed E-state index contributed by atoms with van der Waals surface area (Å²) in [7, 11) is 0. The second-order valence-corrected chi connectivity index (χ2v) is 7.22. The highest BCUT2D eigenvalue weighted by Gasteiger charge is 2.30. The molecule has 2 atom stereocenters. The summed E-state index contributed by atoms with van der Waals surface area (Å²) in [6.07, 6.45) is 1.76. The van der Waals surface area contributed by atoms with Crippen molar-refractivity contribution in [3.05, 3.63) is 60.2 Å². The molecule has 2 amide bonds. The number of nitrogens with one attached hydrogen (secondary N) is 2. The van der Waals surface area contributed by atoms with Gasteiger partial charge in [0.05, 0.1) is 12.0 Å². The van der Waals surface area contributed by atoms with Crippen LogP contribution in [0.15, 0.2) is 54.6 Å². The molecular formula is C22H27N3O2. The van der Waals surface area contributed by atoms with Crippen molar-refractivity contribution in [1.29, 1.82) is 0 Å². The van der Waals surface area contributed by atoms with Crippen LogP contribution in [0.5, 0.6) is 0 Å². The predicted molar refractivity (Wildman–Crippen MR) is 109 cm³/mol. The number of hydrogen-bond acceptors (Lipinski definition) is 3. The Hall–Kier alpha value is -2.66. The molecule has 5 nitrogen and oxygen atoms in total. The fraction of sp³-hybridized carbons (Fsp3) is 0.364. The molecule has 0 aliphatic carbocycles. The maximum Gasteiger partial charge on any atom is 0.241 e. The third-order valence-corrected chi connectivity index (χ3v) is 5.08. The average molecular weight is 365 g/mol. The lowest BCUT2D eigenvalue weighted by molar-refractivity contribution is -0.125. The van der Waals surface area contributed by atoms with Crippen molar-refractivity contribution < 1.29 is 9.59 Å². The van der Waals surface area contributed by atoms with E-state index < -0.39 is 0 Å². The van der Waals surface area contributed by atoms with E-state index in [9.17, 15) is 9.59 Å². The molecule has 0 aromatic heterocycles. The Bertz CT molecular complexity index is 791. The Labute approximate surface area is 160 Å². The van der Waals surface area contributed by atoms with Gasteiger partial charge in [-0.3, -0.25) is 14.5 Å². The van der Waals surface area contributed by atoms with E-state index in [0.29, 0.717) is 6.54 Å². The normalized spacial score (nSPS) is 18.5. The summed E-state index contributed by atoms with van der Waals surface area (Å²) in [5.74, 6) is -0.116. The van der Waals surface area contributed by atoms with Crippen molar-refractivity contribution in [2.24, 2.45) is 5.92 Å². The lowest BCUT2D eigenvalue weighted by Gasteiger charge is -2.35. The van der Waals surface area contributed by atoms with Gasteiger partial charge in [0, 0.05) is 17.9 Å². The van der Waals surface area contributed by atoms with Gasteiger partial charge in [0.1, 0.15) is 0 Å². The average Bonchev–Trinajstić information content (AvgIpc) is 2.68. The number of likely N-dealkylation sites (tertiary alicyclic amines) is 1. The van der Waals surface area contributed by atoms with Crippen molar-refractivity contribution in [2.75, 3.05) is 23.7 Å². The molecule has 142 valence electrons. The summed E-state index contributed by atoms with van der Waals surface area (Å²) in [6, 6.07) is 17.0. The Morgan fingerprint density at radius 3 is 2.52 bits per heavy atom. The van der Waals surface area contributed by atoms with Gasteiger partial charge in [-0.05, 0) is 63.1 Å². The number of amides is 2. The lowest BCUT2D eigenvalue weighted by atomic mass is 9.95. The van der Waals surface area contributed by atoms with E-state index in [2.05, 4.69) is 15.5 Å². The molecule has 1 saturated heterocycles. The van der Waals surface area contributed by atoms with Crippen molar-refractivity contribution in [2.45, 2.75) is 32.7 Å². The first-order valence-electron chi connectivity index (χ1n) is 9.50. The highest BCUT2D eigenvalue weighted by Crippen LogP contribution is 2.21. The molecule has 1 fully saturated rings. The van der Waals surface area contributed by atoms with E-state index in [1.165, 1.54) is 0 Å². The largest absolute Gasteiger partial charge is 0.326 e. The summed E-state index contributed by atoms with van der Waals surface area (Å²) >= 11 is 0. The first kappa shape index (κ1) is 19.1. The van der Waals surface area contributed by atoms with Gasteiger partial charge in [-0.1, -0.05) is 30.3 Å². The third-order valence-electron chi connectivity index (χ3n) is 5.08. The summed E-state index contributed by atoms with van der Waals surface area (Å²) in [5.41, 5.74) is 2.73. The zero-order valence-corrected chi connectivity index (χ0v) is 15.9. The molecule has 2 aromatic rings. The van der Waals surface area contributed by atoms with Crippen LogP contribution >= 0.6 is 0 Å². The van der Waals surface area contributed by atoms with Crippen LogP contribution in [-0.4, -0.2) is 35.8 Å². The van der Waals surface area contributed by atoms with Crippen molar-refractivity contribution in [3.63, 3.8) is 0 Å². The molecule has 5 heteroatoms. The maximum absolute atomic E-state index is 12.6. The minimum absolute atomic E-state index is 0.0252. The number of anilines is 2. The molecule has 0 radical (unpaired) electrons. The standard InChI is InChI=1S/C22H27N3O2/c1-16-8-6-12-20(14-16)24-21(26)17(2)25-13-7-9-18(15-25)22(27)23-19-10-4-3-5-11-19/h3-6,8,10-12,14,17-18H,7,9,13,15H2,1-2H3,(H,23,27)(H,24,26)/t17-,18-/m0/s1. The van der Waals surface area contributed by atoms with E-state index in [1.807, 2.05) is 68.4 Å². The maximum atomic E-state index is 12.6. The van der Waals surface area contributed by atoms with Crippen LogP contribution in [0.1, 0.15) is 25.3 Å². The van der Waals surface area contributed by atoms with Gasteiger partial charge in [0.2, 0.25) is 11.8 Å². The second-order valence-electron chi connectivity index (χ2n) is 7.22. The Kier molecular flexibility index (Phi) is 6.24. The third kappa shape index (κ3) is 5.17. The fourth-order valence-corrected chi connectivity index (χ4v) is 3.47. The molecule has 0 saturated carbocycles. The van der Waals surface area contributed by atoms with Crippen molar-refractivity contribution >= 4 is 23.2 Å². The van der Waals surface area contributed by atoms with Crippen molar-refractivity contribution in [3.8, 4) is 0 Å². The molecule has 1 heterocycles. The predicted octanol–water partition coefficient (Wildman–Crippen LogP) is 3.67. The Balaban J connectivity index is 1.57. The molecule has 0 unspecified atom stereocenters. The minimum atomic E-state index is -0.280. The molecular weight excluding hydrogens is 338 g/mol. The van der Waals surface area contributed by atoms with Crippen molar-refractivity contribution in [1.82, 2.24) is 4.90 Å². The molecule has 0 bridgehead atoms. The highest BCUT2D eigenvalue weighted by molar-refractivity contribution is 5.95. The number of carbonyl (C=O) groups is 2. The number of benzene rings is 2. The summed E-state index contributed by atoms with van der Waals surface area (Å²) in [5, 5.41) is 5.96. The second kappa shape index (κ2) is 8.82. The van der Waals surface area contributed by atoms with Gasteiger partial charge in [0.25, 0.3) is 0 Å². The van der Waals surface area contributed by atoms with Crippen LogP contribution in [0.4, 0.5) is 11.4 Å². The smallest absolute Gasteiger partial charge is 0.241 e. The zero-order valence-electron chi connectivity index (χ0n) is 15.9. The topological polar surface area (TPSA) is 61.4 Å². The van der Waals surface area contributed by atoms with E-state index in [4.69, 9.17) is 0 Å². The van der Waals surface area contributed by atoms with E-state index in [1.54, 1.807) is 0 Å². The fourth-order valence-electron chi connectivity index (χ4n) is 3.47. The first-order chi connectivity index (χ1) is 13.0. The van der Waals surface area contributed by atoms with Gasteiger partial charge in [-0.25, -0.2) is 0 Å². The molecule has 3 rings (SSSR count). The quantitative estimate of drug-likeness (QED) is 0.850. The molecule has 2 aromatic carbocycles. The number of carbonyl (C=O) groups excluding carboxylic acids is 2. The van der Waals surface area contributed by atoms with Gasteiger partial charge < -0.3 is 10.6 Å². The minimum Gasteiger partial charge on any atom is -0.326 e. The number of nitrogens with zero attached hydrogens (tertiary/aromatic N) is 1. The molecule has 1 aliphatic rings. The number of piperidine rings is 1. The first-order valence-corrected chi connectivity index (χ1v) is 9.50. The van der Waals surface area contributed by atoms with Gasteiger partial charge >= 0.3 is 0 Å². The summed E-state index contributed by atoms with van der Waals surface area (Å²) < 4.78 is 0. The van der Waals surface area contributed by atoms with E-state index in [0.717, 1.165) is 36.3 Å². The molecule has 2 N–H and O–H groups in total. The molecule has 0 spiro atoms. The number of aryl methyl sites for hydroxylation is 1. The lowest BCUT2D eigenvalue weighted by Crippen LogP contribution is -2.49. The Morgan fingerprint density at radius 1 is 1.04 bits per heavy atom. The van der Waals surface area contributed by atoms with Crippen LogP contribution in [0.3, 0.4) is 0 Å².